The van der Waals surface area contributed by atoms with Gasteiger partial charge in [-0.15, -0.1) is 0 Å². The van der Waals surface area contributed by atoms with Crippen LogP contribution in [0.25, 0.3) is 0 Å². The fourth-order valence-corrected chi connectivity index (χ4v) is 0.561. The summed E-state index contributed by atoms with van der Waals surface area (Å²) in [5.41, 5.74) is -0.218. The number of rotatable bonds is 3. The predicted octanol–water partition coefficient (Wildman–Crippen LogP) is 2.36. The summed E-state index contributed by atoms with van der Waals surface area (Å²) < 4.78 is 0. The molecule has 5 heteroatoms. The van der Waals surface area contributed by atoms with Gasteiger partial charge in [0.15, 0.2) is 0 Å². The molecule has 12 heavy (non-hydrogen) atoms. The van der Waals surface area contributed by atoms with Crippen LogP contribution in [0, 0.1) is 10.1 Å². The zero-order valence-electron chi connectivity index (χ0n) is 6.45. The van der Waals surface area contributed by atoms with Crippen LogP contribution in [0.5, 0.6) is 0 Å². The zero-order valence-corrected chi connectivity index (χ0v) is 7.21. The summed E-state index contributed by atoms with van der Waals surface area (Å²) >= 11 is 5.45. The highest BCUT2D eigenvalue weighted by atomic mass is 35.5. The molecule has 0 unspecified atom stereocenters. The summed E-state index contributed by atoms with van der Waals surface area (Å²) in [5.74, 6) is -0.207. The van der Waals surface area contributed by atoms with Crippen LogP contribution < -0.4 is 0 Å². The second kappa shape index (κ2) is 4.56. The highest BCUT2D eigenvalue weighted by Crippen LogP contribution is 2.12. The van der Waals surface area contributed by atoms with Crippen LogP contribution >= 0.6 is 11.6 Å². The monoisotopic (exact) mass is 189 g/mol. The normalized spacial score (nSPS) is 13.7. The van der Waals surface area contributed by atoms with Crippen molar-refractivity contribution < 1.29 is 10.0 Å². The highest BCUT2D eigenvalue weighted by Gasteiger charge is 2.07. The molecule has 4 nitrogen and oxygen atoms in total. The summed E-state index contributed by atoms with van der Waals surface area (Å²) in [6, 6.07) is 0. The molecule has 0 aromatic heterocycles. The molecule has 0 bridgehead atoms. The van der Waals surface area contributed by atoms with Crippen LogP contribution in [-0.4, -0.2) is 10.0 Å². The lowest BCUT2D eigenvalue weighted by atomic mass is 10.3. The van der Waals surface area contributed by atoms with E-state index in [0.29, 0.717) is 0 Å². The Morgan fingerprint density at radius 2 is 2.25 bits per heavy atom. The van der Waals surface area contributed by atoms with Crippen LogP contribution in [0.1, 0.15) is 6.92 Å². The molecule has 0 spiro atoms. The van der Waals surface area contributed by atoms with E-state index in [1.54, 1.807) is 0 Å². The Bertz CT molecular complexity index is 268. The van der Waals surface area contributed by atoms with Gasteiger partial charge in [-0.1, -0.05) is 18.2 Å². The van der Waals surface area contributed by atoms with E-state index >= 15 is 0 Å². The predicted molar refractivity (Wildman–Crippen MR) is 46.5 cm³/mol. The number of aliphatic hydroxyl groups excluding tert-OH is 1. The van der Waals surface area contributed by atoms with Crippen molar-refractivity contribution in [2.45, 2.75) is 6.92 Å². The lowest BCUT2D eigenvalue weighted by molar-refractivity contribution is -0.424. The first kappa shape index (κ1) is 10.7. The van der Waals surface area contributed by atoms with Gasteiger partial charge in [0.2, 0.25) is 0 Å². The molecule has 66 valence electrons. The molecule has 0 aliphatic carbocycles. The molecule has 0 aliphatic rings. The molecule has 0 fully saturated rings. The maximum atomic E-state index is 10.1. The molecule has 0 aromatic rings. The minimum absolute atomic E-state index is 0.114. The van der Waals surface area contributed by atoms with Crippen molar-refractivity contribution in [2.24, 2.45) is 0 Å². The van der Waals surface area contributed by atoms with Crippen LogP contribution in [0.2, 0.25) is 0 Å². The summed E-state index contributed by atoms with van der Waals surface area (Å²) in [6.45, 7) is 4.49. The SMILES string of the molecule is C=C/C(O)=C\C(Cl)=C(/C)[N+](=O)[O-]. The van der Waals surface area contributed by atoms with E-state index in [9.17, 15) is 10.1 Å². The van der Waals surface area contributed by atoms with Crippen molar-refractivity contribution in [3.63, 3.8) is 0 Å². The molecule has 0 aliphatic heterocycles. The zero-order chi connectivity index (χ0) is 9.72. The molecule has 0 heterocycles. The Morgan fingerprint density at radius 3 is 2.58 bits per heavy atom. The maximum Gasteiger partial charge on any atom is 0.261 e. The second-order valence-electron chi connectivity index (χ2n) is 1.96. The Balaban J connectivity index is 4.80. The Kier molecular flexibility index (Phi) is 4.07. The lowest BCUT2D eigenvalue weighted by Crippen LogP contribution is -1.95. The molecule has 0 saturated carbocycles. The van der Waals surface area contributed by atoms with E-state index in [0.717, 1.165) is 12.2 Å². The van der Waals surface area contributed by atoms with Gasteiger partial charge < -0.3 is 5.11 Å². The van der Waals surface area contributed by atoms with Crippen molar-refractivity contribution in [2.75, 3.05) is 0 Å². The number of nitrogens with zero attached hydrogens (tertiary/aromatic N) is 1. The van der Waals surface area contributed by atoms with Crippen molar-refractivity contribution in [3.05, 3.63) is 45.3 Å². The van der Waals surface area contributed by atoms with Crippen molar-refractivity contribution in [3.8, 4) is 0 Å². The Labute approximate surface area is 74.6 Å². The molecule has 0 saturated heterocycles. The lowest BCUT2D eigenvalue weighted by Gasteiger charge is -1.92. The summed E-state index contributed by atoms with van der Waals surface area (Å²) in [5, 5.41) is 18.9. The fourth-order valence-electron chi connectivity index (χ4n) is 0.380. The average molecular weight is 190 g/mol. The highest BCUT2D eigenvalue weighted by molar-refractivity contribution is 6.31. The van der Waals surface area contributed by atoms with Crippen LogP contribution in [-0.2, 0) is 0 Å². The number of halogens is 1. The number of aliphatic hydroxyl groups is 1. The number of hydrogen-bond donors (Lipinski definition) is 1. The molecule has 0 atom stereocenters. The van der Waals surface area contributed by atoms with Crippen molar-refractivity contribution in [1.82, 2.24) is 0 Å². The third kappa shape index (κ3) is 3.21. The summed E-state index contributed by atoms with van der Waals surface area (Å²) in [6.07, 6.45) is 2.20. The van der Waals surface area contributed by atoms with Crippen LogP contribution in [0.3, 0.4) is 0 Å². The van der Waals surface area contributed by atoms with Gasteiger partial charge in [-0.05, 0) is 6.08 Å². The third-order valence-electron chi connectivity index (χ3n) is 1.10. The van der Waals surface area contributed by atoms with E-state index in [-0.39, 0.29) is 16.5 Å². The van der Waals surface area contributed by atoms with Gasteiger partial charge in [0.05, 0.1) is 4.92 Å². The quantitative estimate of drug-likeness (QED) is 0.321. The van der Waals surface area contributed by atoms with Gasteiger partial charge in [-0.2, -0.15) is 0 Å². The molecule has 0 amide bonds. The van der Waals surface area contributed by atoms with E-state index in [1.807, 2.05) is 0 Å². The molecule has 0 aromatic carbocycles. The van der Waals surface area contributed by atoms with Crippen LogP contribution in [0.15, 0.2) is 35.2 Å². The average Bonchev–Trinajstić information content (AvgIpc) is 2.02. The molecular formula is C7H8ClNO3. The van der Waals surface area contributed by atoms with Crippen molar-refractivity contribution >= 4 is 11.6 Å². The topological polar surface area (TPSA) is 63.4 Å². The first-order valence-electron chi connectivity index (χ1n) is 3.03. The Morgan fingerprint density at radius 1 is 1.75 bits per heavy atom. The maximum absolute atomic E-state index is 10.1. The molecule has 0 rings (SSSR count). The molecule has 1 N–H and O–H groups in total. The van der Waals surface area contributed by atoms with Gasteiger partial charge in [-0.25, -0.2) is 0 Å². The number of allylic oxidation sites excluding steroid dienone is 4. The van der Waals surface area contributed by atoms with Crippen LogP contribution in [0.4, 0.5) is 0 Å². The van der Waals surface area contributed by atoms with Gasteiger partial charge in [-0.3, -0.25) is 10.1 Å². The van der Waals surface area contributed by atoms with E-state index in [4.69, 9.17) is 16.7 Å². The first-order chi connectivity index (χ1) is 5.49. The van der Waals surface area contributed by atoms with E-state index in [2.05, 4.69) is 6.58 Å². The second-order valence-corrected chi connectivity index (χ2v) is 2.37. The minimum Gasteiger partial charge on any atom is -0.508 e. The molecular weight excluding hydrogens is 182 g/mol. The molecule has 0 radical (unpaired) electrons. The van der Waals surface area contributed by atoms with Gasteiger partial charge >= 0.3 is 0 Å². The summed E-state index contributed by atoms with van der Waals surface area (Å²) in [4.78, 5) is 9.51. The Hall–Kier alpha value is -1.29. The van der Waals surface area contributed by atoms with E-state index in [1.165, 1.54) is 6.92 Å². The van der Waals surface area contributed by atoms with Gasteiger partial charge in [0.1, 0.15) is 10.8 Å². The first-order valence-corrected chi connectivity index (χ1v) is 3.40. The van der Waals surface area contributed by atoms with E-state index < -0.39 is 4.92 Å². The largest absolute Gasteiger partial charge is 0.508 e. The minimum atomic E-state index is -0.630. The smallest absolute Gasteiger partial charge is 0.261 e. The van der Waals surface area contributed by atoms with Crippen molar-refractivity contribution in [1.29, 1.82) is 0 Å². The fraction of sp³-hybridized carbons (Fsp3) is 0.143. The standard InChI is InChI=1S/C7H8ClNO3/c1-3-6(10)4-7(8)5(2)9(11)12/h3-4,10H,1H2,2H3/b6-4+,7-5-. The van der Waals surface area contributed by atoms with Gasteiger partial charge in [0, 0.05) is 13.0 Å². The number of hydrogen-bond acceptors (Lipinski definition) is 3. The number of nitro groups is 1. The van der Waals surface area contributed by atoms with Gasteiger partial charge in [0.25, 0.3) is 5.70 Å². The summed E-state index contributed by atoms with van der Waals surface area (Å²) in [7, 11) is 0. The third-order valence-corrected chi connectivity index (χ3v) is 1.49.